The number of carboxylic acid groups (broad SMARTS) is 2. The van der Waals surface area contributed by atoms with E-state index < -0.39 is 16.9 Å². The molecule has 0 saturated carbocycles. The van der Waals surface area contributed by atoms with Gasteiger partial charge in [-0.2, -0.15) is 11.8 Å². The number of aliphatic carboxylic acids is 2. The maximum atomic E-state index is 11.7. The Bertz CT molecular complexity index is 871. The molecule has 1 saturated heterocycles. The van der Waals surface area contributed by atoms with Gasteiger partial charge >= 0.3 is 11.9 Å². The van der Waals surface area contributed by atoms with E-state index >= 15 is 0 Å². The van der Waals surface area contributed by atoms with Crippen LogP contribution in [0.3, 0.4) is 0 Å². The summed E-state index contributed by atoms with van der Waals surface area (Å²) in [5.74, 6) is 0.574. The third-order valence-electron chi connectivity index (χ3n) is 5.97. The molecular weight excluding hydrogens is 504 g/mol. The molecule has 0 aromatic heterocycles. The van der Waals surface area contributed by atoms with Crippen molar-refractivity contribution >= 4 is 41.2 Å². The summed E-state index contributed by atoms with van der Waals surface area (Å²) >= 11 is 3.42. The number of thioether (sulfide) groups is 2. The van der Waals surface area contributed by atoms with Crippen LogP contribution in [0.15, 0.2) is 12.1 Å². The Morgan fingerprint density at radius 2 is 1.83 bits per heavy atom. The zero-order valence-electron chi connectivity index (χ0n) is 21.1. The molecule has 1 atom stereocenters. The minimum Gasteiger partial charge on any atom is -0.507 e. The molecule has 8 nitrogen and oxygen atoms in total. The normalized spacial score (nSPS) is 16.7. The fourth-order valence-electron chi connectivity index (χ4n) is 4.09. The highest BCUT2D eigenvalue weighted by molar-refractivity contribution is 8.04. The number of hydrogen-bond donors (Lipinski definition) is 3. The van der Waals surface area contributed by atoms with Gasteiger partial charge in [0.2, 0.25) is 0 Å². The summed E-state index contributed by atoms with van der Waals surface area (Å²) < 4.78 is 11.8. The lowest BCUT2D eigenvalue weighted by atomic mass is 10.0. The number of unbranched alkanes of at least 4 members (excludes halogenated alkanes) is 2. The lowest BCUT2D eigenvalue weighted by molar-refractivity contribution is -0.138. The molecule has 1 aliphatic rings. The number of carbonyl (C=O) groups excluding carboxylic acids is 1. The van der Waals surface area contributed by atoms with Crippen molar-refractivity contribution < 1.29 is 39.2 Å². The number of phenolic OH excluding ortho intramolecular Hbond substituents is 1. The van der Waals surface area contributed by atoms with Crippen LogP contribution in [0.5, 0.6) is 11.5 Å². The number of carbonyl (C=O) groups is 3. The molecule has 0 radical (unpaired) electrons. The van der Waals surface area contributed by atoms with Crippen molar-refractivity contribution in [2.75, 3.05) is 24.7 Å². The first-order valence-corrected chi connectivity index (χ1v) is 14.5. The molecular formula is C26H38O8S2. The van der Waals surface area contributed by atoms with Crippen LogP contribution in [0, 0.1) is 0 Å². The van der Waals surface area contributed by atoms with E-state index in [9.17, 15) is 19.5 Å². The highest BCUT2D eigenvalue weighted by Gasteiger charge is 2.41. The van der Waals surface area contributed by atoms with E-state index in [2.05, 4.69) is 0 Å². The number of benzene rings is 1. The van der Waals surface area contributed by atoms with Crippen molar-refractivity contribution in [1.29, 1.82) is 0 Å². The van der Waals surface area contributed by atoms with Crippen molar-refractivity contribution in [2.45, 2.75) is 81.8 Å². The van der Waals surface area contributed by atoms with E-state index in [4.69, 9.17) is 19.7 Å². The van der Waals surface area contributed by atoms with Crippen LogP contribution in [0.1, 0.15) is 81.1 Å². The zero-order chi connectivity index (χ0) is 26.6. The fraction of sp³-hybridized carbons (Fsp3) is 0.654. The third-order valence-corrected chi connectivity index (χ3v) is 8.98. The van der Waals surface area contributed by atoms with Crippen LogP contribution in [-0.2, 0) is 20.7 Å². The lowest BCUT2D eigenvalue weighted by Crippen LogP contribution is -2.26. The summed E-state index contributed by atoms with van der Waals surface area (Å²) in [4.78, 5) is 33.0. The molecule has 1 aromatic rings. The minimum atomic E-state index is -0.901. The second-order valence-corrected chi connectivity index (χ2v) is 11.8. The molecule has 1 aromatic carbocycles. The van der Waals surface area contributed by atoms with Gasteiger partial charge < -0.3 is 24.8 Å². The summed E-state index contributed by atoms with van der Waals surface area (Å²) in [6, 6.07) is 3.39. The van der Waals surface area contributed by atoms with Crippen molar-refractivity contribution in [3.8, 4) is 11.5 Å². The number of aromatic hydroxyl groups is 1. The van der Waals surface area contributed by atoms with Crippen LogP contribution in [0.25, 0.3) is 0 Å². The number of carboxylic acids is 2. The quantitative estimate of drug-likeness (QED) is 0.164. The number of phenols is 1. The van der Waals surface area contributed by atoms with Gasteiger partial charge in [-0.1, -0.05) is 13.3 Å². The summed E-state index contributed by atoms with van der Waals surface area (Å²) in [5, 5.41) is 28.7. The van der Waals surface area contributed by atoms with Gasteiger partial charge in [-0.3, -0.25) is 14.4 Å². The van der Waals surface area contributed by atoms with Crippen LogP contribution in [0.4, 0.5) is 0 Å². The lowest BCUT2D eigenvalue weighted by Gasteiger charge is -2.26. The van der Waals surface area contributed by atoms with Crippen LogP contribution in [-0.4, -0.2) is 67.9 Å². The molecule has 0 amide bonds. The maximum absolute atomic E-state index is 11.7. The maximum Gasteiger partial charge on any atom is 0.303 e. The molecule has 1 heterocycles. The summed E-state index contributed by atoms with van der Waals surface area (Å²) in [6.07, 6.45) is 4.98. The molecule has 10 heteroatoms. The number of ketones is 1. The van der Waals surface area contributed by atoms with Crippen molar-refractivity contribution in [2.24, 2.45) is 0 Å². The predicted molar refractivity (Wildman–Crippen MR) is 143 cm³/mol. The molecule has 1 aliphatic heterocycles. The Morgan fingerprint density at radius 1 is 1.14 bits per heavy atom. The molecule has 0 bridgehead atoms. The molecule has 36 heavy (non-hydrogen) atoms. The first-order chi connectivity index (χ1) is 17.2. The Hall–Kier alpha value is -1.91. The van der Waals surface area contributed by atoms with E-state index in [1.54, 1.807) is 23.9 Å². The molecule has 0 spiro atoms. The highest BCUT2D eigenvalue weighted by Crippen LogP contribution is 2.45. The Morgan fingerprint density at radius 3 is 2.44 bits per heavy atom. The molecule has 3 N–H and O–H groups in total. The Labute approximate surface area is 221 Å². The number of rotatable bonds is 18. The molecule has 202 valence electrons. The number of Topliss-reactive ketones (excluding diaryl/α,β-unsaturated/α-hetero) is 1. The van der Waals surface area contributed by atoms with Gasteiger partial charge in [-0.15, -0.1) is 11.8 Å². The summed E-state index contributed by atoms with van der Waals surface area (Å²) in [7, 11) is 0. The SMILES string of the molecule is CCCc1c(OCCCCCSCC2COC(CCC(=O)O)(CCC(=O)O)S2)ccc(C(C)=O)c1O. The fourth-order valence-corrected chi connectivity index (χ4v) is 6.90. The van der Waals surface area contributed by atoms with Crippen molar-refractivity contribution in [3.63, 3.8) is 0 Å². The number of ether oxygens (including phenoxy) is 2. The second kappa shape index (κ2) is 15.4. The Kier molecular flexibility index (Phi) is 12.9. The van der Waals surface area contributed by atoms with E-state index in [-0.39, 0.29) is 29.6 Å². The molecule has 1 unspecified atom stereocenters. The van der Waals surface area contributed by atoms with Crippen molar-refractivity contribution in [1.82, 2.24) is 0 Å². The molecule has 0 aliphatic carbocycles. The predicted octanol–water partition coefficient (Wildman–Crippen LogP) is 5.39. The standard InChI is InChI=1S/C26H38O8S2/c1-3-7-21-22(9-8-20(18(2)27)25(21)32)33-14-5-4-6-15-35-17-19-16-34-26(36-19,12-10-23(28)29)13-11-24(30)31/h8-9,19,32H,3-7,10-17H2,1-2H3,(H,28,29)(H,30,31). The zero-order valence-corrected chi connectivity index (χ0v) is 22.8. The smallest absolute Gasteiger partial charge is 0.303 e. The molecule has 2 rings (SSSR count). The van der Waals surface area contributed by atoms with Gasteiger partial charge in [-0.25, -0.2) is 0 Å². The number of hydrogen-bond acceptors (Lipinski definition) is 8. The van der Waals surface area contributed by atoms with Gasteiger partial charge in [0.15, 0.2) is 5.78 Å². The highest BCUT2D eigenvalue weighted by atomic mass is 32.2. The first-order valence-electron chi connectivity index (χ1n) is 12.5. The van der Waals surface area contributed by atoms with E-state index in [1.165, 1.54) is 6.92 Å². The largest absolute Gasteiger partial charge is 0.507 e. The van der Waals surface area contributed by atoms with Gasteiger partial charge in [-0.05, 0) is 63.3 Å². The Balaban J connectivity index is 1.68. The minimum absolute atomic E-state index is 0.0296. The average Bonchev–Trinajstić information content (AvgIpc) is 3.23. The van der Waals surface area contributed by atoms with E-state index in [0.29, 0.717) is 49.4 Å². The van der Waals surface area contributed by atoms with Crippen LogP contribution in [0.2, 0.25) is 0 Å². The van der Waals surface area contributed by atoms with Crippen molar-refractivity contribution in [3.05, 3.63) is 23.3 Å². The summed E-state index contributed by atoms with van der Waals surface area (Å²) in [6.45, 7) is 4.52. The van der Waals surface area contributed by atoms with Gasteiger partial charge in [0.25, 0.3) is 0 Å². The molecule has 1 fully saturated rings. The van der Waals surface area contributed by atoms with Crippen LogP contribution >= 0.6 is 23.5 Å². The van der Waals surface area contributed by atoms with Gasteiger partial charge in [0, 0.05) is 29.4 Å². The monoisotopic (exact) mass is 542 g/mol. The van der Waals surface area contributed by atoms with Crippen LogP contribution < -0.4 is 4.74 Å². The van der Waals surface area contributed by atoms with Gasteiger partial charge in [0.1, 0.15) is 16.4 Å². The first kappa shape index (κ1) is 30.3. The van der Waals surface area contributed by atoms with E-state index in [0.717, 1.165) is 37.2 Å². The van der Waals surface area contributed by atoms with E-state index in [1.807, 2.05) is 18.7 Å². The second-order valence-electron chi connectivity index (χ2n) is 8.98. The topological polar surface area (TPSA) is 130 Å². The van der Waals surface area contributed by atoms with Gasteiger partial charge in [0.05, 0.1) is 18.8 Å². The average molecular weight is 543 g/mol. The summed E-state index contributed by atoms with van der Waals surface area (Å²) in [5.41, 5.74) is 1.02. The third kappa shape index (κ3) is 9.86.